The molecule has 23 heavy (non-hydrogen) atoms. The number of benzene rings is 1. The summed E-state index contributed by atoms with van der Waals surface area (Å²) in [6.07, 6.45) is 6.68. The molecule has 0 bridgehead atoms. The van der Waals surface area contributed by atoms with Crippen LogP contribution in [0.5, 0.6) is 0 Å². The molecule has 1 saturated heterocycles. The number of rotatable bonds is 4. The third-order valence-electron chi connectivity index (χ3n) is 5.25. The zero-order valence-electron chi connectivity index (χ0n) is 14.3. The number of hydrogen-bond donors (Lipinski definition) is 1. The number of hydrogen-bond acceptors (Lipinski definition) is 3. The van der Waals surface area contributed by atoms with Gasteiger partial charge in [-0.2, -0.15) is 0 Å². The SMILES string of the molecule is CNC1CCCN(C(=O)C2(Sc3ccc(C)cc3)CCCC2)C1. The van der Waals surface area contributed by atoms with E-state index in [1.54, 1.807) is 11.8 Å². The topological polar surface area (TPSA) is 32.3 Å². The molecule has 1 N–H and O–H groups in total. The van der Waals surface area contributed by atoms with Crippen LogP contribution in [-0.2, 0) is 4.79 Å². The number of likely N-dealkylation sites (N-methyl/N-ethyl adjacent to an activating group) is 1. The quantitative estimate of drug-likeness (QED) is 0.914. The minimum absolute atomic E-state index is 0.231. The normalized spacial score (nSPS) is 23.9. The van der Waals surface area contributed by atoms with Gasteiger partial charge in [0.05, 0.1) is 4.75 Å². The van der Waals surface area contributed by atoms with Crippen LogP contribution >= 0.6 is 11.8 Å². The zero-order chi connectivity index (χ0) is 16.3. The lowest BCUT2D eigenvalue weighted by Crippen LogP contribution is -2.52. The van der Waals surface area contributed by atoms with Gasteiger partial charge in [0.2, 0.25) is 5.91 Å². The number of thioether (sulfide) groups is 1. The Morgan fingerprint density at radius 1 is 1.22 bits per heavy atom. The van der Waals surface area contributed by atoms with Crippen molar-refractivity contribution >= 4 is 17.7 Å². The van der Waals surface area contributed by atoms with Crippen molar-refractivity contribution < 1.29 is 4.79 Å². The van der Waals surface area contributed by atoms with Gasteiger partial charge < -0.3 is 10.2 Å². The Morgan fingerprint density at radius 2 is 1.91 bits per heavy atom. The fourth-order valence-electron chi connectivity index (χ4n) is 3.82. The van der Waals surface area contributed by atoms with E-state index in [4.69, 9.17) is 0 Å². The molecule has 1 amide bonds. The average Bonchev–Trinajstić information content (AvgIpc) is 3.06. The highest BCUT2D eigenvalue weighted by molar-refractivity contribution is 8.01. The number of likely N-dealkylation sites (tertiary alicyclic amines) is 1. The fraction of sp³-hybridized carbons (Fsp3) is 0.632. The molecule has 1 aromatic rings. The van der Waals surface area contributed by atoms with Crippen LogP contribution in [0.4, 0.5) is 0 Å². The van der Waals surface area contributed by atoms with E-state index in [9.17, 15) is 4.79 Å². The first kappa shape index (κ1) is 16.8. The molecule has 1 aliphatic carbocycles. The third kappa shape index (κ3) is 3.74. The average molecular weight is 333 g/mol. The first-order valence-corrected chi connectivity index (χ1v) is 9.67. The van der Waals surface area contributed by atoms with Crippen molar-refractivity contribution in [1.82, 2.24) is 10.2 Å². The van der Waals surface area contributed by atoms with Gasteiger partial charge in [-0.15, -0.1) is 11.8 Å². The van der Waals surface area contributed by atoms with Crippen molar-refractivity contribution in [3.8, 4) is 0 Å². The maximum atomic E-state index is 13.3. The molecule has 1 aliphatic heterocycles. The van der Waals surface area contributed by atoms with Crippen molar-refractivity contribution in [1.29, 1.82) is 0 Å². The second-order valence-electron chi connectivity index (χ2n) is 7.00. The molecule has 2 aliphatic rings. The van der Waals surface area contributed by atoms with Crippen LogP contribution in [0.3, 0.4) is 0 Å². The maximum Gasteiger partial charge on any atom is 0.239 e. The number of carbonyl (C=O) groups excluding carboxylic acids is 1. The van der Waals surface area contributed by atoms with Crippen molar-refractivity contribution in [2.45, 2.75) is 61.1 Å². The molecule has 1 saturated carbocycles. The van der Waals surface area contributed by atoms with E-state index in [0.717, 1.165) is 32.4 Å². The van der Waals surface area contributed by atoms with Crippen LogP contribution in [0, 0.1) is 6.92 Å². The second-order valence-corrected chi connectivity index (χ2v) is 8.45. The van der Waals surface area contributed by atoms with Crippen LogP contribution in [0.1, 0.15) is 44.1 Å². The highest BCUT2D eigenvalue weighted by Crippen LogP contribution is 2.46. The summed E-state index contributed by atoms with van der Waals surface area (Å²) in [4.78, 5) is 16.7. The highest BCUT2D eigenvalue weighted by atomic mass is 32.2. The number of amides is 1. The lowest BCUT2D eigenvalue weighted by molar-refractivity contribution is -0.135. The largest absolute Gasteiger partial charge is 0.340 e. The molecule has 1 aromatic carbocycles. The zero-order valence-corrected chi connectivity index (χ0v) is 15.1. The molecular weight excluding hydrogens is 304 g/mol. The van der Waals surface area contributed by atoms with Gasteiger partial charge in [-0.25, -0.2) is 0 Å². The number of aryl methyl sites for hydroxylation is 1. The van der Waals surface area contributed by atoms with Gasteiger partial charge in [0.25, 0.3) is 0 Å². The number of nitrogens with one attached hydrogen (secondary N) is 1. The van der Waals surface area contributed by atoms with Crippen LogP contribution in [0.2, 0.25) is 0 Å². The summed E-state index contributed by atoms with van der Waals surface area (Å²) in [5, 5.41) is 3.35. The number of piperidine rings is 1. The van der Waals surface area contributed by atoms with Crippen molar-refractivity contribution in [3.05, 3.63) is 29.8 Å². The van der Waals surface area contributed by atoms with Gasteiger partial charge in [0, 0.05) is 24.0 Å². The summed E-state index contributed by atoms with van der Waals surface area (Å²) in [5.41, 5.74) is 1.27. The minimum atomic E-state index is -0.231. The van der Waals surface area contributed by atoms with E-state index in [-0.39, 0.29) is 4.75 Å². The highest BCUT2D eigenvalue weighted by Gasteiger charge is 2.45. The first-order chi connectivity index (χ1) is 11.1. The summed E-state index contributed by atoms with van der Waals surface area (Å²) in [5.74, 6) is 0.375. The van der Waals surface area contributed by atoms with E-state index in [1.165, 1.54) is 29.7 Å². The number of carbonyl (C=O) groups is 1. The Morgan fingerprint density at radius 3 is 2.57 bits per heavy atom. The molecule has 0 aromatic heterocycles. The predicted octanol–water partition coefficient (Wildman–Crippen LogP) is 3.61. The van der Waals surface area contributed by atoms with Gasteiger partial charge in [0.1, 0.15) is 0 Å². The van der Waals surface area contributed by atoms with Crippen molar-refractivity contribution in [2.75, 3.05) is 20.1 Å². The number of nitrogens with zero attached hydrogens (tertiary/aromatic N) is 1. The van der Waals surface area contributed by atoms with Crippen molar-refractivity contribution in [3.63, 3.8) is 0 Å². The lowest BCUT2D eigenvalue weighted by atomic mass is 10.0. The molecule has 2 fully saturated rings. The van der Waals surface area contributed by atoms with Crippen LogP contribution in [0.15, 0.2) is 29.2 Å². The van der Waals surface area contributed by atoms with E-state index in [1.807, 2.05) is 7.05 Å². The van der Waals surface area contributed by atoms with E-state index >= 15 is 0 Å². The van der Waals surface area contributed by atoms with Crippen LogP contribution in [-0.4, -0.2) is 41.7 Å². The standard InChI is InChI=1S/C19H28N2OS/c1-15-7-9-17(10-8-15)23-19(11-3-4-12-19)18(22)21-13-5-6-16(14-21)20-2/h7-10,16,20H,3-6,11-14H2,1-2H3. The molecule has 1 unspecified atom stereocenters. The molecule has 0 radical (unpaired) electrons. The Bertz CT molecular complexity index is 537. The summed E-state index contributed by atoms with van der Waals surface area (Å²) >= 11 is 1.81. The maximum absolute atomic E-state index is 13.3. The first-order valence-electron chi connectivity index (χ1n) is 8.85. The Balaban J connectivity index is 1.77. The van der Waals surface area contributed by atoms with Gasteiger partial charge in [-0.05, 0) is 51.8 Å². The second kappa shape index (κ2) is 7.27. The van der Waals surface area contributed by atoms with Gasteiger partial charge in [-0.3, -0.25) is 4.79 Å². The summed E-state index contributed by atoms with van der Waals surface area (Å²) in [6, 6.07) is 9.08. The fourth-order valence-corrected chi connectivity index (χ4v) is 5.26. The molecule has 3 rings (SSSR count). The molecular formula is C19H28N2OS. The predicted molar refractivity (Wildman–Crippen MR) is 96.9 cm³/mol. The Labute approximate surface area is 144 Å². The van der Waals surface area contributed by atoms with E-state index in [2.05, 4.69) is 41.4 Å². The summed E-state index contributed by atoms with van der Waals surface area (Å²) in [7, 11) is 2.00. The summed E-state index contributed by atoms with van der Waals surface area (Å²) in [6.45, 7) is 3.90. The van der Waals surface area contributed by atoms with Gasteiger partial charge >= 0.3 is 0 Å². The Hall–Kier alpha value is -1.00. The van der Waals surface area contributed by atoms with E-state index in [0.29, 0.717) is 11.9 Å². The van der Waals surface area contributed by atoms with Crippen molar-refractivity contribution in [2.24, 2.45) is 0 Å². The molecule has 1 atom stereocenters. The molecule has 3 nitrogen and oxygen atoms in total. The monoisotopic (exact) mass is 332 g/mol. The van der Waals surface area contributed by atoms with Crippen LogP contribution in [0.25, 0.3) is 0 Å². The lowest BCUT2D eigenvalue weighted by Gasteiger charge is -2.38. The molecule has 1 heterocycles. The molecule has 0 spiro atoms. The smallest absolute Gasteiger partial charge is 0.239 e. The minimum Gasteiger partial charge on any atom is -0.340 e. The summed E-state index contributed by atoms with van der Waals surface area (Å²) < 4.78 is -0.231. The van der Waals surface area contributed by atoms with Crippen LogP contribution < -0.4 is 5.32 Å². The van der Waals surface area contributed by atoms with E-state index < -0.39 is 0 Å². The molecule has 126 valence electrons. The van der Waals surface area contributed by atoms with Gasteiger partial charge in [0.15, 0.2) is 0 Å². The third-order valence-corrected chi connectivity index (χ3v) is 6.73. The Kier molecular flexibility index (Phi) is 5.32. The molecule has 4 heteroatoms. The van der Waals surface area contributed by atoms with Gasteiger partial charge in [-0.1, -0.05) is 30.5 Å².